The molecule has 8 heteroatoms. The van der Waals surface area contributed by atoms with Gasteiger partial charge in [0.25, 0.3) is 5.91 Å². The predicted octanol–water partition coefficient (Wildman–Crippen LogP) is 4.02. The van der Waals surface area contributed by atoms with Crippen molar-refractivity contribution in [2.75, 3.05) is 29.9 Å². The maximum Gasteiger partial charge on any atom is 0.254 e. The van der Waals surface area contributed by atoms with Crippen LogP contribution in [0, 0.1) is 6.92 Å². The molecule has 0 spiro atoms. The third-order valence-corrected chi connectivity index (χ3v) is 5.75. The van der Waals surface area contributed by atoms with Crippen molar-refractivity contribution in [3.8, 4) is 0 Å². The zero-order valence-corrected chi connectivity index (χ0v) is 17.5. The van der Waals surface area contributed by atoms with Gasteiger partial charge in [0.1, 0.15) is 5.82 Å². The molecule has 2 fully saturated rings. The lowest BCUT2D eigenvalue weighted by Crippen LogP contribution is -2.56. The van der Waals surface area contributed by atoms with E-state index in [9.17, 15) is 4.79 Å². The first-order chi connectivity index (χ1) is 13.4. The number of aryl methyl sites for hydroxylation is 1. The number of hydrogen-bond donors (Lipinski definition) is 1. The van der Waals surface area contributed by atoms with Crippen LogP contribution >= 0.6 is 23.2 Å². The van der Waals surface area contributed by atoms with Crippen LogP contribution in [0.2, 0.25) is 10.0 Å². The van der Waals surface area contributed by atoms with Gasteiger partial charge >= 0.3 is 0 Å². The Kier molecular flexibility index (Phi) is 5.34. The van der Waals surface area contributed by atoms with Gasteiger partial charge in [-0.2, -0.15) is 4.98 Å². The van der Waals surface area contributed by atoms with Gasteiger partial charge in [-0.1, -0.05) is 23.2 Å². The van der Waals surface area contributed by atoms with E-state index in [1.54, 1.807) is 18.2 Å². The van der Waals surface area contributed by atoms with Crippen molar-refractivity contribution in [1.29, 1.82) is 0 Å². The van der Waals surface area contributed by atoms with Crippen molar-refractivity contribution >= 4 is 40.9 Å². The monoisotopic (exact) mass is 419 g/mol. The number of carbonyl (C=O) groups excluding carboxylic acids is 1. The van der Waals surface area contributed by atoms with Gasteiger partial charge in [-0.15, -0.1) is 0 Å². The van der Waals surface area contributed by atoms with E-state index in [1.165, 1.54) is 0 Å². The van der Waals surface area contributed by atoms with E-state index in [2.05, 4.69) is 20.2 Å². The van der Waals surface area contributed by atoms with E-state index in [1.807, 2.05) is 24.8 Å². The number of anilines is 2. The van der Waals surface area contributed by atoms with Gasteiger partial charge in [-0.05, 0) is 44.9 Å². The minimum absolute atomic E-state index is 0.00458. The van der Waals surface area contributed by atoms with E-state index < -0.39 is 0 Å². The molecule has 148 valence electrons. The predicted molar refractivity (Wildman–Crippen MR) is 113 cm³/mol. The van der Waals surface area contributed by atoms with Gasteiger partial charge in [0, 0.05) is 47.0 Å². The molecule has 6 nitrogen and oxygen atoms in total. The zero-order chi connectivity index (χ0) is 19.8. The Morgan fingerprint density at radius 2 is 1.75 bits per heavy atom. The second-order valence-electron chi connectivity index (χ2n) is 7.39. The maximum absolute atomic E-state index is 13.2. The first-order valence-corrected chi connectivity index (χ1v) is 10.3. The average molecular weight is 420 g/mol. The van der Waals surface area contributed by atoms with Gasteiger partial charge in [0.15, 0.2) is 0 Å². The second kappa shape index (κ2) is 7.76. The number of nitrogens with zero attached hydrogens (tertiary/aromatic N) is 4. The topological polar surface area (TPSA) is 61.4 Å². The molecule has 4 rings (SSSR count). The normalized spacial score (nSPS) is 21.1. The second-order valence-corrected chi connectivity index (χ2v) is 8.26. The number of carbonyl (C=O) groups is 1. The molecule has 1 aromatic carbocycles. The molecule has 2 aliphatic rings. The summed E-state index contributed by atoms with van der Waals surface area (Å²) in [5, 5.41) is 4.21. The number of piperazine rings is 1. The fraction of sp³-hybridized carbons (Fsp3) is 0.450. The van der Waals surface area contributed by atoms with Crippen LogP contribution in [0.15, 0.2) is 24.3 Å². The molecule has 2 aromatic rings. The van der Waals surface area contributed by atoms with Crippen molar-refractivity contribution in [3.05, 3.63) is 45.6 Å². The smallest absolute Gasteiger partial charge is 0.254 e. The van der Waals surface area contributed by atoms with Crippen LogP contribution < -0.4 is 10.2 Å². The molecule has 1 amide bonds. The molecule has 0 radical (unpaired) electrons. The summed E-state index contributed by atoms with van der Waals surface area (Å²) < 4.78 is 0. The summed E-state index contributed by atoms with van der Waals surface area (Å²) in [5.74, 6) is 1.56. The van der Waals surface area contributed by atoms with E-state index in [0.717, 1.165) is 49.9 Å². The van der Waals surface area contributed by atoms with Crippen LogP contribution in [0.1, 0.15) is 35.8 Å². The van der Waals surface area contributed by atoms with Crippen molar-refractivity contribution in [1.82, 2.24) is 14.9 Å². The SMILES string of the molecule is CCNc1cc(C)nc(N2CC3CCC(C2)N3C(=O)c2cc(Cl)cc(Cl)c2)n1. The summed E-state index contributed by atoms with van der Waals surface area (Å²) in [4.78, 5) is 26.6. The highest BCUT2D eigenvalue weighted by molar-refractivity contribution is 6.35. The quantitative estimate of drug-likeness (QED) is 0.810. The summed E-state index contributed by atoms with van der Waals surface area (Å²) in [6.07, 6.45) is 1.96. The molecule has 2 aliphatic heterocycles. The molecule has 28 heavy (non-hydrogen) atoms. The number of rotatable bonds is 4. The third-order valence-electron chi connectivity index (χ3n) is 5.31. The lowest BCUT2D eigenvalue weighted by molar-refractivity contribution is 0.0640. The standard InChI is InChI=1S/C20H23Cl2N5O/c1-3-23-18-6-12(2)24-20(25-18)26-10-16-4-5-17(11-26)27(16)19(28)13-7-14(21)9-15(22)8-13/h6-9,16-17H,3-5,10-11H2,1-2H3,(H,23,24,25). The number of nitrogens with one attached hydrogen (secondary N) is 1. The molecular weight excluding hydrogens is 397 g/mol. The fourth-order valence-corrected chi connectivity index (χ4v) is 4.72. The number of halogens is 2. The fourth-order valence-electron chi connectivity index (χ4n) is 4.19. The molecule has 3 heterocycles. The molecule has 2 bridgehead atoms. The lowest BCUT2D eigenvalue weighted by atomic mass is 10.1. The van der Waals surface area contributed by atoms with E-state index in [4.69, 9.17) is 23.2 Å². The molecule has 2 atom stereocenters. The summed E-state index contributed by atoms with van der Waals surface area (Å²) >= 11 is 12.2. The third kappa shape index (κ3) is 3.76. The number of fused-ring (bicyclic) bond motifs is 2. The number of aromatic nitrogens is 2. The minimum atomic E-state index is -0.00458. The summed E-state index contributed by atoms with van der Waals surface area (Å²) in [6.45, 7) is 6.29. The average Bonchev–Trinajstić information content (AvgIpc) is 2.89. The van der Waals surface area contributed by atoms with Crippen LogP contribution in [0.5, 0.6) is 0 Å². The highest BCUT2D eigenvalue weighted by Gasteiger charge is 2.43. The highest BCUT2D eigenvalue weighted by atomic mass is 35.5. The van der Waals surface area contributed by atoms with Gasteiger partial charge in [0.2, 0.25) is 5.95 Å². The first-order valence-electron chi connectivity index (χ1n) is 9.58. The van der Waals surface area contributed by atoms with E-state index >= 15 is 0 Å². The van der Waals surface area contributed by atoms with Crippen LogP contribution in [0.25, 0.3) is 0 Å². The van der Waals surface area contributed by atoms with Crippen LogP contribution in [-0.2, 0) is 0 Å². The Labute approximate surface area is 174 Å². The molecule has 1 N–H and O–H groups in total. The van der Waals surface area contributed by atoms with Crippen LogP contribution in [0.3, 0.4) is 0 Å². The molecule has 2 unspecified atom stereocenters. The van der Waals surface area contributed by atoms with Crippen molar-refractivity contribution < 1.29 is 4.79 Å². The van der Waals surface area contributed by atoms with Gasteiger partial charge in [-0.3, -0.25) is 4.79 Å². The molecule has 1 aromatic heterocycles. The molecule has 0 aliphatic carbocycles. The Morgan fingerprint density at radius 3 is 2.36 bits per heavy atom. The summed E-state index contributed by atoms with van der Waals surface area (Å²) in [5.41, 5.74) is 1.48. The molecule has 2 saturated heterocycles. The van der Waals surface area contributed by atoms with Crippen molar-refractivity contribution in [2.45, 2.75) is 38.8 Å². The highest BCUT2D eigenvalue weighted by Crippen LogP contribution is 2.34. The number of hydrogen-bond acceptors (Lipinski definition) is 5. The van der Waals surface area contributed by atoms with Gasteiger partial charge in [0.05, 0.1) is 12.1 Å². The van der Waals surface area contributed by atoms with Crippen molar-refractivity contribution in [2.24, 2.45) is 0 Å². The van der Waals surface area contributed by atoms with E-state index in [-0.39, 0.29) is 18.0 Å². The van der Waals surface area contributed by atoms with Crippen LogP contribution in [0.4, 0.5) is 11.8 Å². The van der Waals surface area contributed by atoms with Crippen LogP contribution in [-0.4, -0.2) is 52.5 Å². The Bertz CT molecular complexity index is 872. The number of benzene rings is 1. The van der Waals surface area contributed by atoms with E-state index in [0.29, 0.717) is 15.6 Å². The first kappa shape index (κ1) is 19.3. The molecule has 0 saturated carbocycles. The summed E-state index contributed by atoms with van der Waals surface area (Å²) in [6, 6.07) is 7.24. The minimum Gasteiger partial charge on any atom is -0.370 e. The molecular formula is C20H23Cl2N5O. The number of amides is 1. The summed E-state index contributed by atoms with van der Waals surface area (Å²) in [7, 11) is 0. The maximum atomic E-state index is 13.2. The van der Waals surface area contributed by atoms with Gasteiger partial charge in [-0.25, -0.2) is 4.98 Å². The Morgan fingerprint density at radius 1 is 1.11 bits per heavy atom. The largest absolute Gasteiger partial charge is 0.370 e. The van der Waals surface area contributed by atoms with Gasteiger partial charge < -0.3 is 15.1 Å². The zero-order valence-electron chi connectivity index (χ0n) is 16.0. The Balaban J connectivity index is 1.56. The lowest BCUT2D eigenvalue weighted by Gasteiger charge is -2.41. The Hall–Kier alpha value is -2.05. The van der Waals surface area contributed by atoms with Crippen molar-refractivity contribution in [3.63, 3.8) is 0 Å².